The van der Waals surface area contributed by atoms with E-state index in [1.807, 2.05) is 0 Å². The Kier molecular flexibility index (Phi) is 5.26. The average Bonchev–Trinajstić information content (AvgIpc) is 2.54. The number of methoxy groups -OCH3 is 1. The number of carbonyl (C=O) groups excluding carboxylic acids is 1. The first-order valence-corrected chi connectivity index (χ1v) is 7.05. The van der Waals surface area contributed by atoms with Crippen molar-refractivity contribution in [2.75, 3.05) is 7.11 Å². The summed E-state index contributed by atoms with van der Waals surface area (Å²) in [5.74, 6) is -0.497. The molecule has 0 amide bonds. The van der Waals surface area contributed by atoms with Crippen molar-refractivity contribution in [3.8, 4) is 17.2 Å². The smallest absolute Gasteiger partial charge is 0.189 e. The Morgan fingerprint density at radius 2 is 2.00 bits per heavy atom. The molecule has 2 aromatic carbocycles. The van der Waals surface area contributed by atoms with Gasteiger partial charge in [0.2, 0.25) is 0 Å². The number of ketones is 1. The number of carbonyl (C=O) groups is 1. The second-order valence-electron chi connectivity index (χ2n) is 4.75. The van der Waals surface area contributed by atoms with Gasteiger partial charge in [-0.3, -0.25) is 4.79 Å². The number of aliphatic hydroxyl groups is 1. The fourth-order valence-electron chi connectivity index (χ4n) is 2.04. The highest BCUT2D eigenvalue weighted by Gasteiger charge is 2.14. The van der Waals surface area contributed by atoms with Crippen LogP contribution in [0.1, 0.15) is 21.5 Å². The maximum atomic E-state index is 12.2. The van der Waals surface area contributed by atoms with Gasteiger partial charge >= 0.3 is 0 Å². The molecule has 0 fully saturated rings. The molecule has 0 saturated carbocycles. The first kappa shape index (κ1) is 16.9. The third kappa shape index (κ3) is 3.83. The molecular formula is C17H15ClO5. The van der Waals surface area contributed by atoms with Gasteiger partial charge in [-0.2, -0.15) is 0 Å². The summed E-state index contributed by atoms with van der Waals surface area (Å²) < 4.78 is 4.94. The third-order valence-corrected chi connectivity index (χ3v) is 3.44. The van der Waals surface area contributed by atoms with Crippen LogP contribution in [0.3, 0.4) is 0 Å². The Morgan fingerprint density at radius 3 is 2.61 bits per heavy atom. The lowest BCUT2D eigenvalue weighted by molar-refractivity contribution is 0.104. The van der Waals surface area contributed by atoms with Crippen LogP contribution in [0.5, 0.6) is 17.2 Å². The minimum absolute atomic E-state index is 0.00414. The molecule has 23 heavy (non-hydrogen) atoms. The molecule has 0 radical (unpaired) electrons. The van der Waals surface area contributed by atoms with Crippen LogP contribution in [0.4, 0.5) is 0 Å². The second-order valence-corrected chi connectivity index (χ2v) is 5.18. The minimum atomic E-state index is -0.477. The summed E-state index contributed by atoms with van der Waals surface area (Å²) in [5, 5.41) is 29.0. The van der Waals surface area contributed by atoms with Gasteiger partial charge in [-0.15, -0.1) is 0 Å². The van der Waals surface area contributed by atoms with E-state index in [1.54, 1.807) is 12.1 Å². The molecule has 0 aromatic heterocycles. The summed E-state index contributed by atoms with van der Waals surface area (Å²) in [4.78, 5) is 12.2. The third-order valence-electron chi connectivity index (χ3n) is 3.22. The number of aliphatic hydroxyl groups excluding tert-OH is 1. The van der Waals surface area contributed by atoms with Gasteiger partial charge < -0.3 is 20.1 Å². The molecule has 120 valence electrons. The van der Waals surface area contributed by atoms with Gasteiger partial charge in [-0.05, 0) is 35.9 Å². The number of halogens is 1. The summed E-state index contributed by atoms with van der Waals surface area (Å²) in [7, 11) is 1.44. The highest BCUT2D eigenvalue weighted by atomic mass is 35.5. The highest BCUT2D eigenvalue weighted by molar-refractivity contribution is 6.31. The molecule has 0 heterocycles. The van der Waals surface area contributed by atoms with Crippen LogP contribution in [0.25, 0.3) is 6.08 Å². The number of benzene rings is 2. The number of phenols is 2. The molecule has 0 spiro atoms. The van der Waals surface area contributed by atoms with Crippen molar-refractivity contribution in [2.24, 2.45) is 0 Å². The van der Waals surface area contributed by atoms with Gasteiger partial charge in [0.15, 0.2) is 17.3 Å². The number of rotatable bonds is 5. The van der Waals surface area contributed by atoms with E-state index in [9.17, 15) is 15.0 Å². The Balaban J connectivity index is 2.28. The van der Waals surface area contributed by atoms with Crippen LogP contribution >= 0.6 is 11.6 Å². The molecule has 6 heteroatoms. The fraction of sp³-hybridized carbons (Fsp3) is 0.118. The van der Waals surface area contributed by atoms with Crippen LogP contribution in [0.15, 0.2) is 36.4 Å². The molecule has 2 rings (SSSR count). The van der Waals surface area contributed by atoms with Gasteiger partial charge in [0, 0.05) is 10.6 Å². The van der Waals surface area contributed by atoms with Crippen LogP contribution in [0.2, 0.25) is 5.02 Å². The molecule has 5 nitrogen and oxygen atoms in total. The van der Waals surface area contributed by atoms with E-state index in [0.717, 1.165) is 0 Å². The van der Waals surface area contributed by atoms with E-state index in [4.69, 9.17) is 21.4 Å². The van der Waals surface area contributed by atoms with Crippen LogP contribution in [-0.4, -0.2) is 28.2 Å². The number of hydrogen-bond donors (Lipinski definition) is 3. The monoisotopic (exact) mass is 334 g/mol. The van der Waals surface area contributed by atoms with Gasteiger partial charge in [0.05, 0.1) is 19.3 Å². The number of ether oxygens (including phenoxy) is 1. The summed E-state index contributed by atoms with van der Waals surface area (Å²) in [5.41, 5.74) is 0.757. The van der Waals surface area contributed by atoms with Crippen LogP contribution in [-0.2, 0) is 6.61 Å². The van der Waals surface area contributed by atoms with Gasteiger partial charge in [-0.25, -0.2) is 0 Å². The number of aromatic hydroxyl groups is 2. The Bertz CT molecular complexity index is 768. The summed E-state index contributed by atoms with van der Waals surface area (Å²) in [6.45, 7) is -0.428. The molecule has 0 unspecified atom stereocenters. The first-order chi connectivity index (χ1) is 11.0. The van der Waals surface area contributed by atoms with Crippen molar-refractivity contribution in [1.82, 2.24) is 0 Å². The lowest BCUT2D eigenvalue weighted by Crippen LogP contribution is -1.98. The molecule has 0 saturated heterocycles. The van der Waals surface area contributed by atoms with Crippen molar-refractivity contribution < 1.29 is 24.9 Å². The largest absolute Gasteiger partial charge is 0.507 e. The van der Waals surface area contributed by atoms with E-state index in [2.05, 4.69) is 0 Å². The standard InChI is InChI=1S/C17H15ClO5/c1-23-16-5-3-10(6-15(16)21)2-4-14(20)13-8-12(18)7-11(9-19)17(13)22/h2-8,19,21-22H,9H2,1H3/b4-2+. The lowest BCUT2D eigenvalue weighted by atomic mass is 10.0. The van der Waals surface area contributed by atoms with Gasteiger partial charge in [0.25, 0.3) is 0 Å². The van der Waals surface area contributed by atoms with Gasteiger partial charge in [-0.1, -0.05) is 23.7 Å². The predicted molar refractivity (Wildman–Crippen MR) is 87.1 cm³/mol. The summed E-state index contributed by atoms with van der Waals surface area (Å²) >= 11 is 5.87. The van der Waals surface area contributed by atoms with Crippen molar-refractivity contribution in [3.05, 3.63) is 58.1 Å². The number of phenolic OH excluding ortho intramolecular Hbond substituents is 1. The lowest BCUT2D eigenvalue weighted by Gasteiger charge is -2.07. The summed E-state index contributed by atoms with van der Waals surface area (Å²) in [6.07, 6.45) is 2.73. The van der Waals surface area contributed by atoms with E-state index < -0.39 is 12.4 Å². The average molecular weight is 335 g/mol. The molecule has 2 aromatic rings. The quantitative estimate of drug-likeness (QED) is 0.577. The predicted octanol–water partition coefficient (Wildman–Crippen LogP) is 3.15. The Hall–Kier alpha value is -2.50. The Labute approximate surface area is 138 Å². The zero-order chi connectivity index (χ0) is 17.0. The maximum absolute atomic E-state index is 12.2. The van der Waals surface area contributed by atoms with Crippen molar-refractivity contribution in [1.29, 1.82) is 0 Å². The molecular weight excluding hydrogens is 320 g/mol. The van der Waals surface area contributed by atoms with Crippen LogP contribution in [0, 0.1) is 0 Å². The molecule has 0 aliphatic heterocycles. The SMILES string of the molecule is COc1ccc(/C=C/C(=O)c2cc(Cl)cc(CO)c2O)cc1O. The van der Waals surface area contributed by atoms with Crippen molar-refractivity contribution >= 4 is 23.5 Å². The zero-order valence-electron chi connectivity index (χ0n) is 12.3. The fourth-order valence-corrected chi connectivity index (χ4v) is 2.28. The van der Waals surface area contributed by atoms with E-state index in [1.165, 1.54) is 37.5 Å². The normalized spacial score (nSPS) is 10.9. The van der Waals surface area contributed by atoms with E-state index >= 15 is 0 Å². The summed E-state index contributed by atoms with van der Waals surface area (Å²) in [6, 6.07) is 7.40. The second kappa shape index (κ2) is 7.17. The minimum Gasteiger partial charge on any atom is -0.507 e. The molecule has 0 bridgehead atoms. The zero-order valence-corrected chi connectivity index (χ0v) is 13.0. The van der Waals surface area contributed by atoms with Crippen molar-refractivity contribution in [2.45, 2.75) is 6.61 Å². The molecule has 0 aliphatic carbocycles. The van der Waals surface area contributed by atoms with Gasteiger partial charge in [0.1, 0.15) is 5.75 Å². The Morgan fingerprint density at radius 1 is 1.26 bits per heavy atom. The van der Waals surface area contributed by atoms with Crippen LogP contribution < -0.4 is 4.74 Å². The van der Waals surface area contributed by atoms with E-state index in [0.29, 0.717) is 11.3 Å². The molecule has 3 N–H and O–H groups in total. The highest BCUT2D eigenvalue weighted by Crippen LogP contribution is 2.29. The van der Waals surface area contributed by atoms with Crippen molar-refractivity contribution in [3.63, 3.8) is 0 Å². The number of hydrogen-bond acceptors (Lipinski definition) is 5. The topological polar surface area (TPSA) is 87.0 Å². The molecule has 0 atom stereocenters. The van der Waals surface area contributed by atoms with E-state index in [-0.39, 0.29) is 27.6 Å². The number of allylic oxidation sites excluding steroid dienone is 1. The molecule has 0 aliphatic rings. The maximum Gasteiger partial charge on any atom is 0.189 e. The first-order valence-electron chi connectivity index (χ1n) is 6.68.